The maximum Gasteiger partial charge on any atom is 0.266 e. The molecule has 0 amide bonds. The van der Waals surface area contributed by atoms with Gasteiger partial charge in [0.2, 0.25) is 5.78 Å². The number of fused-ring (bicyclic) bond motifs is 4. The Kier molecular flexibility index (Phi) is 2.41. The topological polar surface area (TPSA) is 52.0 Å². The Balaban J connectivity index is 2.19. The molecule has 0 atom stereocenters. The summed E-state index contributed by atoms with van der Waals surface area (Å²) in [6.45, 7) is 0. The van der Waals surface area contributed by atoms with Gasteiger partial charge in [-0.2, -0.15) is 0 Å². The van der Waals surface area contributed by atoms with Gasteiger partial charge in [-0.15, -0.1) is 0 Å². The van der Waals surface area contributed by atoms with Crippen LogP contribution in [0.5, 0.6) is 0 Å². The Morgan fingerprint density at radius 2 is 1.90 bits per heavy atom. The molecular formula is C15H6BrFN2O2. The van der Waals surface area contributed by atoms with Crippen LogP contribution >= 0.6 is 15.9 Å². The molecule has 0 fully saturated rings. The Labute approximate surface area is 126 Å². The first-order valence-electron chi connectivity index (χ1n) is 6.14. The average molecular weight is 345 g/mol. The molecule has 0 unspecified atom stereocenters. The maximum atomic E-state index is 13.7. The van der Waals surface area contributed by atoms with E-state index in [4.69, 9.17) is 0 Å². The molecular weight excluding hydrogens is 339 g/mol. The van der Waals surface area contributed by atoms with Gasteiger partial charge < -0.3 is 0 Å². The molecule has 1 aliphatic heterocycles. The number of aromatic nitrogens is 2. The van der Waals surface area contributed by atoms with Gasteiger partial charge >= 0.3 is 0 Å². The minimum Gasteiger partial charge on any atom is -0.285 e. The first-order chi connectivity index (χ1) is 10.1. The Hall–Kier alpha value is -2.34. The van der Waals surface area contributed by atoms with E-state index in [1.165, 1.54) is 16.7 Å². The standard InChI is InChI=1S/C15H6BrFN2O2/c16-9-5-8-12(6-10(9)17)19-14(13(8)20)18-11-4-2-1-3-7(11)15(19)21/h1-6H. The molecule has 102 valence electrons. The lowest BCUT2D eigenvalue weighted by atomic mass is 10.1. The van der Waals surface area contributed by atoms with E-state index in [1.807, 2.05) is 0 Å². The summed E-state index contributed by atoms with van der Waals surface area (Å²) in [5.41, 5.74) is 0.584. The van der Waals surface area contributed by atoms with Crippen molar-refractivity contribution >= 4 is 32.6 Å². The lowest BCUT2D eigenvalue weighted by molar-refractivity contribution is 0.103. The van der Waals surface area contributed by atoms with Crippen LogP contribution in [0, 0.1) is 5.82 Å². The van der Waals surface area contributed by atoms with E-state index in [1.54, 1.807) is 24.3 Å². The zero-order valence-corrected chi connectivity index (χ0v) is 12.0. The molecule has 2 aromatic carbocycles. The largest absolute Gasteiger partial charge is 0.285 e. The van der Waals surface area contributed by atoms with Gasteiger partial charge in [0.05, 0.1) is 26.6 Å². The van der Waals surface area contributed by atoms with Gasteiger partial charge in [0.15, 0.2) is 5.82 Å². The summed E-state index contributed by atoms with van der Waals surface area (Å²) in [4.78, 5) is 29.2. The molecule has 4 nitrogen and oxygen atoms in total. The zero-order valence-electron chi connectivity index (χ0n) is 10.4. The molecule has 0 saturated heterocycles. The van der Waals surface area contributed by atoms with Crippen molar-refractivity contribution in [1.82, 2.24) is 9.55 Å². The van der Waals surface area contributed by atoms with Crippen molar-refractivity contribution in [3.05, 3.63) is 68.4 Å². The molecule has 0 spiro atoms. The van der Waals surface area contributed by atoms with Crippen LogP contribution in [0.4, 0.5) is 4.39 Å². The van der Waals surface area contributed by atoms with Crippen molar-refractivity contribution in [1.29, 1.82) is 0 Å². The van der Waals surface area contributed by atoms with Crippen molar-refractivity contribution in [2.75, 3.05) is 0 Å². The number of hydrogen-bond acceptors (Lipinski definition) is 3. The van der Waals surface area contributed by atoms with Gasteiger partial charge in [0.1, 0.15) is 5.82 Å². The fourth-order valence-electron chi connectivity index (χ4n) is 2.53. The fourth-order valence-corrected chi connectivity index (χ4v) is 2.88. The van der Waals surface area contributed by atoms with Gasteiger partial charge in [-0.05, 0) is 40.2 Å². The van der Waals surface area contributed by atoms with Crippen molar-refractivity contribution in [2.24, 2.45) is 0 Å². The van der Waals surface area contributed by atoms with Crippen molar-refractivity contribution in [3.8, 4) is 5.69 Å². The second kappa shape index (κ2) is 4.08. The predicted molar refractivity (Wildman–Crippen MR) is 78.4 cm³/mol. The molecule has 0 radical (unpaired) electrons. The molecule has 6 heteroatoms. The van der Waals surface area contributed by atoms with Crippen molar-refractivity contribution in [3.63, 3.8) is 0 Å². The fraction of sp³-hybridized carbons (Fsp3) is 0. The first kappa shape index (κ1) is 12.4. The molecule has 21 heavy (non-hydrogen) atoms. The average Bonchev–Trinajstić information content (AvgIpc) is 2.74. The van der Waals surface area contributed by atoms with Crippen LogP contribution in [0.2, 0.25) is 0 Å². The Morgan fingerprint density at radius 3 is 2.71 bits per heavy atom. The van der Waals surface area contributed by atoms with E-state index in [9.17, 15) is 14.0 Å². The van der Waals surface area contributed by atoms with E-state index in [0.717, 1.165) is 0 Å². The summed E-state index contributed by atoms with van der Waals surface area (Å²) < 4.78 is 15.1. The van der Waals surface area contributed by atoms with Gasteiger partial charge in [-0.25, -0.2) is 9.37 Å². The van der Waals surface area contributed by atoms with E-state index >= 15 is 0 Å². The second-order valence-corrected chi connectivity index (χ2v) is 5.56. The molecule has 2 heterocycles. The van der Waals surface area contributed by atoms with Crippen LogP contribution in [-0.4, -0.2) is 15.3 Å². The summed E-state index contributed by atoms with van der Waals surface area (Å²) >= 11 is 3.05. The van der Waals surface area contributed by atoms with Crippen LogP contribution in [0.3, 0.4) is 0 Å². The van der Waals surface area contributed by atoms with Gasteiger partial charge in [-0.1, -0.05) is 12.1 Å². The Morgan fingerprint density at radius 1 is 1.14 bits per heavy atom. The quantitative estimate of drug-likeness (QED) is 0.493. The summed E-state index contributed by atoms with van der Waals surface area (Å²) in [6.07, 6.45) is 0. The Bertz CT molecular complexity index is 1010. The number of rotatable bonds is 0. The molecule has 0 saturated carbocycles. The third-order valence-corrected chi connectivity index (χ3v) is 4.11. The van der Waals surface area contributed by atoms with Crippen molar-refractivity contribution < 1.29 is 9.18 Å². The molecule has 0 aliphatic carbocycles. The smallest absolute Gasteiger partial charge is 0.266 e. The number of halogens is 2. The maximum absolute atomic E-state index is 13.7. The molecule has 0 bridgehead atoms. The molecule has 3 aromatic rings. The minimum absolute atomic E-state index is 0.0196. The highest BCUT2D eigenvalue weighted by Gasteiger charge is 2.31. The molecule has 0 N–H and O–H groups in total. The number of benzene rings is 2. The third kappa shape index (κ3) is 1.56. The number of para-hydroxylation sites is 1. The number of hydrogen-bond donors (Lipinski definition) is 0. The van der Waals surface area contributed by atoms with Crippen LogP contribution < -0.4 is 5.56 Å². The summed E-state index contributed by atoms with van der Waals surface area (Å²) in [5, 5.41) is 0.394. The van der Waals surface area contributed by atoms with Crippen molar-refractivity contribution in [2.45, 2.75) is 0 Å². The monoisotopic (exact) mass is 344 g/mol. The van der Waals surface area contributed by atoms with Gasteiger partial charge in [0, 0.05) is 0 Å². The van der Waals surface area contributed by atoms with E-state index in [-0.39, 0.29) is 32.9 Å². The summed E-state index contributed by atoms with van der Waals surface area (Å²) in [7, 11) is 0. The van der Waals surface area contributed by atoms with Crippen LogP contribution in [0.1, 0.15) is 16.2 Å². The predicted octanol–water partition coefficient (Wildman–Crippen LogP) is 2.83. The second-order valence-electron chi connectivity index (χ2n) is 4.71. The van der Waals surface area contributed by atoms with E-state index in [2.05, 4.69) is 20.9 Å². The highest BCUT2D eigenvalue weighted by Crippen LogP contribution is 2.30. The zero-order chi connectivity index (χ0) is 14.7. The number of nitrogens with zero attached hydrogens (tertiary/aromatic N) is 2. The lowest BCUT2D eigenvalue weighted by Crippen LogP contribution is -2.21. The number of carbonyl (C=O) groups is 1. The van der Waals surface area contributed by atoms with E-state index in [0.29, 0.717) is 10.9 Å². The van der Waals surface area contributed by atoms with E-state index < -0.39 is 5.82 Å². The summed E-state index contributed by atoms with van der Waals surface area (Å²) in [6, 6.07) is 9.32. The van der Waals surface area contributed by atoms with Crippen LogP contribution in [0.25, 0.3) is 16.6 Å². The number of carbonyl (C=O) groups excluding carboxylic acids is 1. The molecule has 4 rings (SSSR count). The highest BCUT2D eigenvalue weighted by atomic mass is 79.9. The van der Waals surface area contributed by atoms with Crippen LogP contribution in [-0.2, 0) is 0 Å². The third-order valence-electron chi connectivity index (χ3n) is 3.50. The minimum atomic E-state index is -0.533. The molecule has 1 aromatic heterocycles. The summed E-state index contributed by atoms with van der Waals surface area (Å²) in [5.74, 6) is -0.894. The van der Waals surface area contributed by atoms with Gasteiger partial charge in [0.25, 0.3) is 5.56 Å². The van der Waals surface area contributed by atoms with Gasteiger partial charge in [-0.3, -0.25) is 14.2 Å². The molecule has 1 aliphatic rings. The first-order valence-corrected chi connectivity index (χ1v) is 6.93. The number of ketones is 1. The lowest BCUT2D eigenvalue weighted by Gasteiger charge is -2.05. The normalized spacial score (nSPS) is 12.6. The highest BCUT2D eigenvalue weighted by molar-refractivity contribution is 9.10. The van der Waals surface area contributed by atoms with Crippen LogP contribution in [0.15, 0.2) is 45.7 Å². The SMILES string of the molecule is O=C1c2cc(Br)c(F)cc2-n2c1nc1ccccc1c2=O.